The van der Waals surface area contributed by atoms with Gasteiger partial charge < -0.3 is 5.73 Å². The van der Waals surface area contributed by atoms with Gasteiger partial charge in [-0.2, -0.15) is 4.31 Å². The number of nitrogens with zero attached hydrogens (tertiary/aromatic N) is 2. The van der Waals surface area contributed by atoms with Crippen LogP contribution < -0.4 is 5.73 Å². The van der Waals surface area contributed by atoms with Gasteiger partial charge >= 0.3 is 0 Å². The summed E-state index contributed by atoms with van der Waals surface area (Å²) in [7, 11) is -3.31. The summed E-state index contributed by atoms with van der Waals surface area (Å²) in [6, 6.07) is 3.62. The van der Waals surface area contributed by atoms with Crippen molar-refractivity contribution < 1.29 is 8.42 Å². The van der Waals surface area contributed by atoms with E-state index in [1.165, 1.54) is 4.31 Å². The van der Waals surface area contributed by atoms with Crippen LogP contribution in [0.1, 0.15) is 19.4 Å². The highest BCUT2D eigenvalue weighted by atomic mass is 32.2. The number of nitrogens with two attached hydrogens (primary N) is 1. The Morgan fingerprint density at radius 2 is 2.00 bits per heavy atom. The monoisotopic (exact) mass is 257 g/mol. The first-order valence-corrected chi connectivity index (χ1v) is 7.10. The van der Waals surface area contributed by atoms with Crippen molar-refractivity contribution >= 4 is 10.0 Å². The molecule has 1 rings (SSSR count). The van der Waals surface area contributed by atoms with Crippen LogP contribution in [0.2, 0.25) is 0 Å². The lowest BCUT2D eigenvalue weighted by Gasteiger charge is -2.23. The second kappa shape index (κ2) is 6.09. The first-order chi connectivity index (χ1) is 8.02. The SMILES string of the molecule is CCN(Cc1ccncc1)S(=O)(=O)C(C)CN. The average Bonchev–Trinajstić information content (AvgIpc) is 2.35. The highest BCUT2D eigenvalue weighted by Gasteiger charge is 2.26. The Morgan fingerprint density at radius 3 is 2.47 bits per heavy atom. The molecule has 0 radical (unpaired) electrons. The fourth-order valence-electron chi connectivity index (χ4n) is 1.45. The summed E-state index contributed by atoms with van der Waals surface area (Å²) in [6.07, 6.45) is 3.31. The molecule has 0 amide bonds. The number of hydrogen-bond donors (Lipinski definition) is 1. The normalized spacial score (nSPS) is 13.9. The van der Waals surface area contributed by atoms with Crippen molar-refractivity contribution in [3.05, 3.63) is 30.1 Å². The van der Waals surface area contributed by atoms with Crippen LogP contribution in [0.3, 0.4) is 0 Å². The summed E-state index contributed by atoms with van der Waals surface area (Å²) in [5.74, 6) is 0. The van der Waals surface area contributed by atoms with Gasteiger partial charge in [0.15, 0.2) is 0 Å². The smallest absolute Gasteiger partial charge is 0.218 e. The third-order valence-electron chi connectivity index (χ3n) is 2.66. The van der Waals surface area contributed by atoms with Crippen LogP contribution in [0.25, 0.3) is 0 Å². The molecule has 1 unspecified atom stereocenters. The topological polar surface area (TPSA) is 76.3 Å². The first kappa shape index (κ1) is 14.1. The van der Waals surface area contributed by atoms with E-state index >= 15 is 0 Å². The largest absolute Gasteiger partial charge is 0.329 e. The van der Waals surface area contributed by atoms with Gasteiger partial charge in [-0.15, -0.1) is 0 Å². The van der Waals surface area contributed by atoms with E-state index in [9.17, 15) is 8.42 Å². The molecule has 0 saturated carbocycles. The van der Waals surface area contributed by atoms with Crippen LogP contribution in [0.15, 0.2) is 24.5 Å². The van der Waals surface area contributed by atoms with Crippen molar-refractivity contribution in [2.24, 2.45) is 5.73 Å². The molecule has 1 aromatic rings. The molecular weight excluding hydrogens is 238 g/mol. The van der Waals surface area contributed by atoms with Gasteiger partial charge in [0.05, 0.1) is 5.25 Å². The predicted octanol–water partition coefficient (Wildman–Crippen LogP) is 0.581. The maximum absolute atomic E-state index is 12.1. The number of aromatic nitrogens is 1. The molecule has 96 valence electrons. The van der Waals surface area contributed by atoms with Crippen molar-refractivity contribution in [1.82, 2.24) is 9.29 Å². The third kappa shape index (κ3) is 3.49. The first-order valence-electron chi connectivity index (χ1n) is 5.60. The summed E-state index contributed by atoms with van der Waals surface area (Å²) in [5.41, 5.74) is 6.35. The minimum absolute atomic E-state index is 0.134. The summed E-state index contributed by atoms with van der Waals surface area (Å²) >= 11 is 0. The molecule has 0 aliphatic carbocycles. The Morgan fingerprint density at radius 1 is 1.41 bits per heavy atom. The van der Waals surface area contributed by atoms with E-state index in [4.69, 9.17) is 5.73 Å². The van der Waals surface area contributed by atoms with E-state index in [0.29, 0.717) is 13.1 Å². The molecule has 0 bridgehead atoms. The minimum atomic E-state index is -3.31. The van der Waals surface area contributed by atoms with Crippen molar-refractivity contribution in [2.45, 2.75) is 25.6 Å². The lowest BCUT2D eigenvalue weighted by molar-refractivity contribution is 0.416. The zero-order valence-corrected chi connectivity index (χ0v) is 11.0. The molecule has 0 spiro atoms. The van der Waals surface area contributed by atoms with Crippen LogP contribution in [0, 0.1) is 0 Å². The average molecular weight is 257 g/mol. The lowest BCUT2D eigenvalue weighted by atomic mass is 10.3. The Bertz CT molecular complexity index is 433. The summed E-state index contributed by atoms with van der Waals surface area (Å²) in [4.78, 5) is 3.90. The van der Waals surface area contributed by atoms with Crippen LogP contribution in [0.4, 0.5) is 0 Å². The van der Waals surface area contributed by atoms with E-state index in [1.54, 1.807) is 19.3 Å². The summed E-state index contributed by atoms with van der Waals surface area (Å²) in [5, 5.41) is -0.552. The number of rotatable bonds is 6. The standard InChI is InChI=1S/C11H19N3O2S/c1-3-14(17(15,16)10(2)8-12)9-11-4-6-13-7-5-11/h4-7,10H,3,8-9,12H2,1-2H3. The van der Waals surface area contributed by atoms with Gasteiger partial charge in [-0.3, -0.25) is 4.98 Å². The molecule has 1 aromatic heterocycles. The lowest BCUT2D eigenvalue weighted by Crippen LogP contribution is -2.40. The highest BCUT2D eigenvalue weighted by molar-refractivity contribution is 7.89. The molecule has 0 aliphatic heterocycles. The van der Waals surface area contributed by atoms with Gasteiger partial charge in [0.25, 0.3) is 0 Å². The Hall–Kier alpha value is -0.980. The molecular formula is C11H19N3O2S. The fourth-order valence-corrected chi connectivity index (χ4v) is 2.89. The maximum Gasteiger partial charge on any atom is 0.218 e. The van der Waals surface area contributed by atoms with Crippen LogP contribution >= 0.6 is 0 Å². The Balaban J connectivity index is 2.86. The van der Waals surface area contributed by atoms with Gasteiger partial charge in [-0.1, -0.05) is 6.92 Å². The molecule has 0 saturated heterocycles. The van der Waals surface area contributed by atoms with E-state index in [2.05, 4.69) is 4.98 Å². The van der Waals surface area contributed by atoms with Crippen LogP contribution in [-0.2, 0) is 16.6 Å². The molecule has 1 atom stereocenters. The van der Waals surface area contributed by atoms with Gasteiger partial charge in [0, 0.05) is 32.0 Å². The molecule has 0 fully saturated rings. The summed E-state index contributed by atoms with van der Waals surface area (Å²) < 4.78 is 25.7. The summed E-state index contributed by atoms with van der Waals surface area (Å²) in [6.45, 7) is 4.39. The highest BCUT2D eigenvalue weighted by Crippen LogP contribution is 2.12. The maximum atomic E-state index is 12.1. The third-order valence-corrected chi connectivity index (χ3v) is 4.98. The van der Waals surface area contributed by atoms with E-state index < -0.39 is 15.3 Å². The zero-order chi connectivity index (χ0) is 12.9. The number of sulfonamides is 1. The van der Waals surface area contributed by atoms with Gasteiger partial charge in [0.1, 0.15) is 0 Å². The van der Waals surface area contributed by atoms with Crippen LogP contribution in [0.5, 0.6) is 0 Å². The molecule has 0 aromatic carbocycles. The Kier molecular flexibility index (Phi) is 5.04. The minimum Gasteiger partial charge on any atom is -0.329 e. The molecule has 5 nitrogen and oxygen atoms in total. The van der Waals surface area contributed by atoms with Crippen molar-refractivity contribution in [3.8, 4) is 0 Å². The van der Waals surface area contributed by atoms with Gasteiger partial charge in [-0.05, 0) is 24.6 Å². The molecule has 17 heavy (non-hydrogen) atoms. The second-order valence-corrected chi connectivity index (χ2v) is 6.22. The number of hydrogen-bond acceptors (Lipinski definition) is 4. The van der Waals surface area contributed by atoms with Crippen molar-refractivity contribution in [3.63, 3.8) is 0 Å². The van der Waals surface area contributed by atoms with Crippen molar-refractivity contribution in [2.75, 3.05) is 13.1 Å². The van der Waals surface area contributed by atoms with Crippen LogP contribution in [-0.4, -0.2) is 36.0 Å². The molecule has 2 N–H and O–H groups in total. The van der Waals surface area contributed by atoms with E-state index in [0.717, 1.165) is 5.56 Å². The molecule has 0 aliphatic rings. The van der Waals surface area contributed by atoms with E-state index in [-0.39, 0.29) is 6.54 Å². The Labute approximate surface area is 103 Å². The number of pyridine rings is 1. The van der Waals surface area contributed by atoms with E-state index in [1.807, 2.05) is 19.1 Å². The van der Waals surface area contributed by atoms with Crippen molar-refractivity contribution in [1.29, 1.82) is 0 Å². The van der Waals surface area contributed by atoms with Gasteiger partial charge in [0.2, 0.25) is 10.0 Å². The fraction of sp³-hybridized carbons (Fsp3) is 0.545. The van der Waals surface area contributed by atoms with Gasteiger partial charge in [-0.25, -0.2) is 8.42 Å². The molecule has 1 heterocycles. The predicted molar refractivity (Wildman–Crippen MR) is 67.8 cm³/mol. The quantitative estimate of drug-likeness (QED) is 0.809. The second-order valence-electron chi connectivity index (χ2n) is 3.87. The molecule has 6 heteroatoms. The zero-order valence-electron chi connectivity index (χ0n) is 10.2.